The number of hydrogen-bond donors (Lipinski definition) is 2. The molecule has 0 bridgehead atoms. The average Bonchev–Trinajstić information content (AvgIpc) is 3.01. The smallest absolute Gasteiger partial charge is 0.243 e. The second-order valence-corrected chi connectivity index (χ2v) is 6.92. The molecule has 3 heterocycles. The van der Waals surface area contributed by atoms with E-state index in [1.54, 1.807) is 29.9 Å². The number of pyridine rings is 1. The van der Waals surface area contributed by atoms with Gasteiger partial charge in [-0.15, -0.1) is 0 Å². The molecular formula is C14H17N5O2S. The van der Waals surface area contributed by atoms with Gasteiger partial charge in [-0.25, -0.2) is 18.1 Å². The van der Waals surface area contributed by atoms with Gasteiger partial charge in [0.1, 0.15) is 10.5 Å². The van der Waals surface area contributed by atoms with E-state index in [0.29, 0.717) is 11.0 Å². The van der Waals surface area contributed by atoms with Crippen LogP contribution in [0.1, 0.15) is 24.2 Å². The summed E-state index contributed by atoms with van der Waals surface area (Å²) in [6.07, 6.45) is 4.90. The fourth-order valence-electron chi connectivity index (χ4n) is 2.56. The average molecular weight is 319 g/mol. The van der Waals surface area contributed by atoms with Crippen molar-refractivity contribution >= 4 is 21.1 Å². The second-order valence-electron chi connectivity index (χ2n) is 5.24. The van der Waals surface area contributed by atoms with Crippen LogP contribution in [0.25, 0.3) is 11.0 Å². The van der Waals surface area contributed by atoms with Crippen LogP contribution in [0.5, 0.6) is 0 Å². The van der Waals surface area contributed by atoms with Crippen molar-refractivity contribution < 1.29 is 8.42 Å². The first-order valence-electron chi connectivity index (χ1n) is 6.83. The Morgan fingerprint density at radius 1 is 1.41 bits per heavy atom. The summed E-state index contributed by atoms with van der Waals surface area (Å²) in [5, 5.41) is 4.81. The van der Waals surface area contributed by atoms with Crippen LogP contribution in [0, 0.1) is 6.92 Å². The molecule has 116 valence electrons. The van der Waals surface area contributed by atoms with E-state index in [4.69, 9.17) is 0 Å². The Morgan fingerprint density at radius 2 is 2.18 bits per heavy atom. The van der Waals surface area contributed by atoms with E-state index in [-0.39, 0.29) is 10.9 Å². The van der Waals surface area contributed by atoms with Crippen molar-refractivity contribution in [3.63, 3.8) is 0 Å². The van der Waals surface area contributed by atoms with Crippen LogP contribution in [0.4, 0.5) is 0 Å². The quantitative estimate of drug-likeness (QED) is 0.764. The van der Waals surface area contributed by atoms with E-state index in [9.17, 15) is 8.42 Å². The molecule has 3 rings (SSSR count). The van der Waals surface area contributed by atoms with Crippen molar-refractivity contribution in [2.24, 2.45) is 7.05 Å². The maximum Gasteiger partial charge on any atom is 0.243 e. The Balaban J connectivity index is 1.95. The molecule has 0 saturated carbocycles. The molecule has 0 spiro atoms. The SMILES string of the molecule is Cc1nn(C)cc1C(C)NS(=O)(=O)c1c[nH]c2ncccc12. The summed E-state index contributed by atoms with van der Waals surface area (Å²) in [6, 6.07) is 3.07. The highest BCUT2D eigenvalue weighted by Gasteiger charge is 2.23. The molecule has 3 aromatic rings. The van der Waals surface area contributed by atoms with Crippen LogP contribution >= 0.6 is 0 Å². The van der Waals surface area contributed by atoms with Crippen LogP contribution in [-0.4, -0.2) is 28.2 Å². The highest BCUT2D eigenvalue weighted by molar-refractivity contribution is 7.89. The molecule has 0 radical (unpaired) electrons. The summed E-state index contributed by atoms with van der Waals surface area (Å²) in [7, 11) is -1.85. The molecule has 2 N–H and O–H groups in total. The third-order valence-electron chi connectivity index (χ3n) is 3.55. The topological polar surface area (TPSA) is 92.7 Å². The zero-order valence-corrected chi connectivity index (χ0v) is 13.3. The minimum Gasteiger partial charge on any atom is -0.345 e. The summed E-state index contributed by atoms with van der Waals surface area (Å²) in [6.45, 7) is 3.66. The molecule has 7 nitrogen and oxygen atoms in total. The number of sulfonamides is 1. The van der Waals surface area contributed by atoms with Gasteiger partial charge in [0, 0.05) is 42.6 Å². The summed E-state index contributed by atoms with van der Waals surface area (Å²) in [5.41, 5.74) is 2.20. The van der Waals surface area contributed by atoms with E-state index in [0.717, 1.165) is 11.3 Å². The highest BCUT2D eigenvalue weighted by Crippen LogP contribution is 2.23. The molecule has 0 amide bonds. The zero-order chi connectivity index (χ0) is 15.9. The number of nitrogens with one attached hydrogen (secondary N) is 2. The maximum atomic E-state index is 12.6. The molecular weight excluding hydrogens is 302 g/mol. The number of aromatic nitrogens is 4. The number of rotatable bonds is 4. The number of nitrogens with zero attached hydrogens (tertiary/aromatic N) is 3. The van der Waals surface area contributed by atoms with Crippen LogP contribution in [0.15, 0.2) is 35.6 Å². The highest BCUT2D eigenvalue weighted by atomic mass is 32.2. The van der Waals surface area contributed by atoms with Gasteiger partial charge in [0.05, 0.1) is 5.69 Å². The second kappa shape index (κ2) is 5.22. The lowest BCUT2D eigenvalue weighted by atomic mass is 10.1. The minimum absolute atomic E-state index is 0.198. The third-order valence-corrected chi connectivity index (χ3v) is 5.13. The van der Waals surface area contributed by atoms with E-state index in [1.807, 2.05) is 20.2 Å². The van der Waals surface area contributed by atoms with Crippen molar-refractivity contribution in [2.45, 2.75) is 24.8 Å². The van der Waals surface area contributed by atoms with Gasteiger partial charge in [0.25, 0.3) is 0 Å². The standard InChI is InChI=1S/C14H17N5O2S/c1-9-12(8-19(3)17-9)10(2)18-22(20,21)13-7-16-14-11(13)5-4-6-15-14/h4-8,10,18H,1-3H3,(H,15,16). The fraction of sp³-hybridized carbons (Fsp3) is 0.286. The fourth-order valence-corrected chi connectivity index (χ4v) is 3.94. The molecule has 1 unspecified atom stereocenters. The van der Waals surface area contributed by atoms with Crippen LogP contribution in [0.3, 0.4) is 0 Å². The molecule has 0 aliphatic rings. The molecule has 0 saturated heterocycles. The largest absolute Gasteiger partial charge is 0.345 e. The van der Waals surface area contributed by atoms with Gasteiger partial charge in [-0.1, -0.05) is 0 Å². The molecule has 0 aromatic carbocycles. The van der Waals surface area contributed by atoms with E-state index >= 15 is 0 Å². The van der Waals surface area contributed by atoms with Gasteiger partial charge >= 0.3 is 0 Å². The Kier molecular flexibility index (Phi) is 3.50. The molecule has 0 fully saturated rings. The van der Waals surface area contributed by atoms with Crippen molar-refractivity contribution in [3.05, 3.63) is 42.0 Å². The van der Waals surface area contributed by atoms with Gasteiger partial charge in [-0.3, -0.25) is 4.68 Å². The van der Waals surface area contributed by atoms with E-state index in [1.165, 1.54) is 6.20 Å². The Hall–Kier alpha value is -2.19. The Bertz CT molecular complexity index is 926. The van der Waals surface area contributed by atoms with E-state index in [2.05, 4.69) is 19.8 Å². The number of fused-ring (bicyclic) bond motifs is 1. The maximum absolute atomic E-state index is 12.6. The summed E-state index contributed by atoms with van der Waals surface area (Å²) in [5.74, 6) is 0. The molecule has 0 aliphatic heterocycles. The zero-order valence-electron chi connectivity index (χ0n) is 12.5. The predicted molar refractivity (Wildman–Crippen MR) is 82.8 cm³/mol. The number of aromatic amines is 1. The lowest BCUT2D eigenvalue weighted by molar-refractivity contribution is 0.567. The third kappa shape index (κ3) is 2.51. The van der Waals surface area contributed by atoms with Gasteiger partial charge in [-0.05, 0) is 26.0 Å². The molecule has 22 heavy (non-hydrogen) atoms. The molecule has 8 heteroatoms. The van der Waals surface area contributed by atoms with Gasteiger partial charge < -0.3 is 4.98 Å². The van der Waals surface area contributed by atoms with Gasteiger partial charge in [0.15, 0.2) is 0 Å². The molecule has 0 aliphatic carbocycles. The Morgan fingerprint density at radius 3 is 2.86 bits per heavy atom. The van der Waals surface area contributed by atoms with Gasteiger partial charge in [-0.2, -0.15) is 5.10 Å². The number of aryl methyl sites for hydroxylation is 2. The summed E-state index contributed by atoms with van der Waals surface area (Å²) >= 11 is 0. The predicted octanol–water partition coefficient (Wildman–Crippen LogP) is 1.64. The number of H-pyrrole nitrogens is 1. The molecule has 3 aromatic heterocycles. The molecule has 1 atom stereocenters. The number of hydrogen-bond acceptors (Lipinski definition) is 4. The lowest BCUT2D eigenvalue weighted by Gasteiger charge is -2.13. The van der Waals surface area contributed by atoms with Crippen LogP contribution < -0.4 is 4.72 Å². The van der Waals surface area contributed by atoms with Gasteiger partial charge in [0.2, 0.25) is 10.0 Å². The first-order valence-corrected chi connectivity index (χ1v) is 8.31. The first-order chi connectivity index (χ1) is 10.4. The van der Waals surface area contributed by atoms with Crippen molar-refractivity contribution in [1.82, 2.24) is 24.5 Å². The minimum atomic E-state index is -3.66. The van der Waals surface area contributed by atoms with E-state index < -0.39 is 10.0 Å². The normalized spacial score (nSPS) is 13.6. The summed E-state index contributed by atoms with van der Waals surface area (Å²) < 4.78 is 29.6. The first kappa shape index (κ1) is 14.7. The van der Waals surface area contributed by atoms with Crippen molar-refractivity contribution in [2.75, 3.05) is 0 Å². The monoisotopic (exact) mass is 319 g/mol. The van der Waals surface area contributed by atoms with Crippen LogP contribution in [0.2, 0.25) is 0 Å². The van der Waals surface area contributed by atoms with Crippen LogP contribution in [-0.2, 0) is 17.1 Å². The Labute approximate surface area is 128 Å². The lowest BCUT2D eigenvalue weighted by Crippen LogP contribution is -2.27. The summed E-state index contributed by atoms with van der Waals surface area (Å²) in [4.78, 5) is 7.18. The van der Waals surface area contributed by atoms with Crippen molar-refractivity contribution in [1.29, 1.82) is 0 Å². The van der Waals surface area contributed by atoms with Crippen molar-refractivity contribution in [3.8, 4) is 0 Å².